The molecule has 3 aromatic rings. The molecule has 0 atom stereocenters. The molecule has 2 amide bonds. The lowest BCUT2D eigenvalue weighted by Crippen LogP contribution is -2.42. The van der Waals surface area contributed by atoms with Gasteiger partial charge < -0.3 is 10.2 Å². The molecule has 4 nitrogen and oxygen atoms in total. The van der Waals surface area contributed by atoms with Crippen LogP contribution in [-0.2, 0) is 11.3 Å². The Morgan fingerprint density at radius 2 is 1.71 bits per heavy atom. The number of nitrogens with one attached hydrogen (secondary N) is 1. The molecule has 144 valence electrons. The predicted molar refractivity (Wildman–Crippen MR) is 114 cm³/mol. The van der Waals surface area contributed by atoms with E-state index in [4.69, 9.17) is 11.6 Å². The Balaban J connectivity index is 1.35. The van der Waals surface area contributed by atoms with Gasteiger partial charge in [-0.15, -0.1) is 11.3 Å². The second-order valence-corrected chi connectivity index (χ2v) is 8.44. The number of fused-ring (bicyclic) bond motifs is 1. The van der Waals surface area contributed by atoms with E-state index in [0.29, 0.717) is 42.4 Å². The Morgan fingerprint density at radius 3 is 2.43 bits per heavy atom. The number of halogens is 1. The van der Waals surface area contributed by atoms with Crippen molar-refractivity contribution in [2.24, 2.45) is 5.92 Å². The van der Waals surface area contributed by atoms with Gasteiger partial charge in [0, 0.05) is 35.6 Å². The smallest absolute Gasteiger partial charge is 0.265 e. The number of carbonyl (C=O) groups is 2. The van der Waals surface area contributed by atoms with E-state index in [9.17, 15) is 9.59 Å². The topological polar surface area (TPSA) is 49.4 Å². The summed E-state index contributed by atoms with van der Waals surface area (Å²) in [5.41, 5.74) is 1.09. The average molecular weight is 413 g/mol. The fraction of sp³-hybridized carbons (Fsp3) is 0.273. The number of amides is 2. The Labute approximate surface area is 173 Å². The van der Waals surface area contributed by atoms with Crippen molar-refractivity contribution in [1.82, 2.24) is 10.2 Å². The summed E-state index contributed by atoms with van der Waals surface area (Å²) >= 11 is 7.88. The van der Waals surface area contributed by atoms with E-state index in [2.05, 4.69) is 5.32 Å². The molecule has 2 aromatic carbocycles. The first kappa shape index (κ1) is 19.0. The minimum Gasteiger partial charge on any atom is -0.352 e. The fourth-order valence-corrected chi connectivity index (χ4v) is 5.05. The van der Waals surface area contributed by atoms with E-state index in [1.165, 1.54) is 11.3 Å². The lowest BCUT2D eigenvalue weighted by atomic mass is 9.95. The summed E-state index contributed by atoms with van der Waals surface area (Å²) in [4.78, 5) is 27.8. The molecule has 1 saturated heterocycles. The Morgan fingerprint density at radius 1 is 1.04 bits per heavy atom. The highest BCUT2D eigenvalue weighted by Gasteiger charge is 2.29. The fourth-order valence-electron chi connectivity index (χ4n) is 3.57. The summed E-state index contributed by atoms with van der Waals surface area (Å²) in [7, 11) is 0. The molecule has 0 saturated carbocycles. The van der Waals surface area contributed by atoms with Crippen LogP contribution < -0.4 is 5.32 Å². The summed E-state index contributed by atoms with van der Waals surface area (Å²) in [5.74, 6) is -0.0177. The second-order valence-electron chi connectivity index (χ2n) is 7.01. The largest absolute Gasteiger partial charge is 0.352 e. The lowest BCUT2D eigenvalue weighted by Gasteiger charge is -2.31. The molecule has 4 rings (SSSR count). The molecule has 1 N–H and O–H groups in total. The molecule has 28 heavy (non-hydrogen) atoms. The molecule has 0 radical (unpaired) electrons. The van der Waals surface area contributed by atoms with Gasteiger partial charge in [0.25, 0.3) is 5.91 Å². The third-order valence-corrected chi connectivity index (χ3v) is 6.86. The van der Waals surface area contributed by atoms with Crippen LogP contribution in [0.4, 0.5) is 0 Å². The molecule has 2 heterocycles. The maximum atomic E-state index is 12.9. The molecule has 0 unspecified atom stereocenters. The lowest BCUT2D eigenvalue weighted by molar-refractivity contribution is -0.126. The third-order valence-electron chi connectivity index (χ3n) is 5.19. The molecule has 0 bridgehead atoms. The molecule has 6 heteroatoms. The first-order chi connectivity index (χ1) is 13.6. The maximum Gasteiger partial charge on any atom is 0.265 e. The number of hydrogen-bond acceptors (Lipinski definition) is 3. The van der Waals surface area contributed by atoms with E-state index in [1.807, 2.05) is 59.5 Å². The molecule has 1 aromatic heterocycles. The number of rotatable bonds is 4. The van der Waals surface area contributed by atoms with Crippen molar-refractivity contribution in [2.75, 3.05) is 13.1 Å². The van der Waals surface area contributed by atoms with E-state index in [0.717, 1.165) is 15.6 Å². The number of benzene rings is 2. The van der Waals surface area contributed by atoms with Crippen molar-refractivity contribution in [2.45, 2.75) is 19.4 Å². The van der Waals surface area contributed by atoms with Gasteiger partial charge in [-0.2, -0.15) is 0 Å². The van der Waals surface area contributed by atoms with Crippen LogP contribution in [0, 0.1) is 5.92 Å². The van der Waals surface area contributed by atoms with Crippen LogP contribution in [-0.4, -0.2) is 29.8 Å². The van der Waals surface area contributed by atoms with E-state index in [-0.39, 0.29) is 17.7 Å². The first-order valence-corrected chi connectivity index (χ1v) is 10.6. The molecular formula is C22H21ClN2O2S. The monoisotopic (exact) mass is 412 g/mol. The van der Waals surface area contributed by atoms with Crippen molar-refractivity contribution in [1.29, 1.82) is 0 Å². The van der Waals surface area contributed by atoms with Crippen LogP contribution in [0.15, 0.2) is 54.6 Å². The van der Waals surface area contributed by atoms with Crippen molar-refractivity contribution in [3.8, 4) is 0 Å². The van der Waals surface area contributed by atoms with Crippen LogP contribution in [0.25, 0.3) is 10.1 Å². The highest BCUT2D eigenvalue weighted by molar-refractivity contribution is 7.21. The van der Waals surface area contributed by atoms with Gasteiger partial charge >= 0.3 is 0 Å². The van der Waals surface area contributed by atoms with Gasteiger partial charge in [0.2, 0.25) is 5.91 Å². The molecule has 0 aliphatic carbocycles. The van der Waals surface area contributed by atoms with Gasteiger partial charge in [-0.3, -0.25) is 9.59 Å². The van der Waals surface area contributed by atoms with E-state index >= 15 is 0 Å². The predicted octanol–water partition coefficient (Wildman–Crippen LogP) is 4.72. The third kappa shape index (κ3) is 3.91. The quantitative estimate of drug-likeness (QED) is 0.673. The first-order valence-electron chi connectivity index (χ1n) is 9.41. The Kier molecular flexibility index (Phi) is 5.64. The van der Waals surface area contributed by atoms with Crippen LogP contribution in [0.2, 0.25) is 5.02 Å². The van der Waals surface area contributed by atoms with Gasteiger partial charge in [-0.1, -0.05) is 60.1 Å². The number of thiophene rings is 1. The molecule has 1 fully saturated rings. The van der Waals surface area contributed by atoms with Crippen LogP contribution >= 0.6 is 22.9 Å². The van der Waals surface area contributed by atoms with Crippen molar-refractivity contribution in [3.05, 3.63) is 70.1 Å². The summed E-state index contributed by atoms with van der Waals surface area (Å²) in [6.45, 7) is 1.69. The number of likely N-dealkylation sites (tertiary alicyclic amines) is 1. The Hall–Kier alpha value is -2.37. The Bertz CT molecular complexity index is 994. The minimum absolute atomic E-state index is 0.0330. The van der Waals surface area contributed by atoms with E-state index in [1.54, 1.807) is 0 Å². The number of hydrogen-bond donors (Lipinski definition) is 1. The normalized spacial score (nSPS) is 15.0. The molecule has 0 spiro atoms. The van der Waals surface area contributed by atoms with Crippen molar-refractivity contribution >= 4 is 44.8 Å². The maximum absolute atomic E-state index is 12.9. The second kappa shape index (κ2) is 8.33. The summed E-state index contributed by atoms with van der Waals surface area (Å²) in [5, 5.41) is 4.47. The zero-order chi connectivity index (χ0) is 19.5. The molecule has 1 aliphatic rings. The number of carbonyl (C=O) groups excluding carboxylic acids is 2. The zero-order valence-corrected chi connectivity index (χ0v) is 16.9. The summed E-state index contributed by atoms with van der Waals surface area (Å²) < 4.78 is 1.02. The van der Waals surface area contributed by atoms with Crippen LogP contribution in [0.3, 0.4) is 0 Å². The van der Waals surface area contributed by atoms with Gasteiger partial charge in [0.1, 0.15) is 4.88 Å². The summed E-state index contributed by atoms with van der Waals surface area (Å²) in [6, 6.07) is 17.7. The average Bonchev–Trinajstić information content (AvgIpc) is 3.09. The van der Waals surface area contributed by atoms with E-state index < -0.39 is 0 Å². The van der Waals surface area contributed by atoms with Crippen molar-refractivity contribution in [3.63, 3.8) is 0 Å². The van der Waals surface area contributed by atoms with Crippen LogP contribution in [0.5, 0.6) is 0 Å². The minimum atomic E-state index is -0.0503. The highest BCUT2D eigenvalue weighted by atomic mass is 35.5. The van der Waals surface area contributed by atoms with Crippen molar-refractivity contribution < 1.29 is 9.59 Å². The van der Waals surface area contributed by atoms with Gasteiger partial charge in [0.05, 0.1) is 5.02 Å². The van der Waals surface area contributed by atoms with Gasteiger partial charge in [-0.05, 0) is 24.5 Å². The standard InChI is InChI=1S/C22H21ClN2O2S/c23-19-17-8-4-5-9-18(17)28-20(19)22(27)25-12-10-16(11-13-25)21(26)24-14-15-6-2-1-3-7-15/h1-9,16H,10-14H2,(H,24,26). The highest BCUT2D eigenvalue weighted by Crippen LogP contribution is 2.36. The molecular weight excluding hydrogens is 392 g/mol. The number of piperidine rings is 1. The SMILES string of the molecule is O=C(NCc1ccccc1)C1CCN(C(=O)c2sc3ccccc3c2Cl)CC1. The summed E-state index contributed by atoms with van der Waals surface area (Å²) in [6.07, 6.45) is 1.35. The van der Waals surface area contributed by atoms with Gasteiger partial charge in [-0.25, -0.2) is 0 Å². The van der Waals surface area contributed by atoms with Gasteiger partial charge in [0.15, 0.2) is 0 Å². The molecule has 1 aliphatic heterocycles. The number of nitrogens with zero attached hydrogens (tertiary/aromatic N) is 1. The zero-order valence-electron chi connectivity index (χ0n) is 15.4. The van der Waals surface area contributed by atoms with Crippen LogP contribution in [0.1, 0.15) is 28.1 Å².